The number of hydrogen-bond donors (Lipinski definition) is 1. The van der Waals surface area contributed by atoms with Crippen molar-refractivity contribution in [2.45, 2.75) is 18.8 Å². The first-order valence-corrected chi connectivity index (χ1v) is 9.44. The minimum atomic E-state index is 0.0103. The highest BCUT2D eigenvalue weighted by atomic mass is 35.5. The summed E-state index contributed by atoms with van der Waals surface area (Å²) in [5.41, 5.74) is 0.977. The Kier molecular flexibility index (Phi) is 8.53. The van der Waals surface area contributed by atoms with E-state index in [1.165, 1.54) is 11.8 Å². The quantitative estimate of drug-likeness (QED) is 0.607. The molecule has 2 rings (SSSR count). The highest BCUT2D eigenvalue weighted by molar-refractivity contribution is 7.99. The lowest BCUT2D eigenvalue weighted by atomic mass is 10.2. The Morgan fingerprint density at radius 2 is 2.17 bits per heavy atom. The van der Waals surface area contributed by atoms with E-state index in [4.69, 9.17) is 32.4 Å². The van der Waals surface area contributed by atoms with Crippen molar-refractivity contribution in [3.05, 3.63) is 58.0 Å². The Bertz CT molecular complexity index is 635. The average Bonchev–Trinajstić information content (AvgIpc) is 3.06. The molecule has 1 aromatic heterocycles. The summed E-state index contributed by atoms with van der Waals surface area (Å²) < 4.78 is 10.6. The van der Waals surface area contributed by atoms with E-state index in [-0.39, 0.29) is 5.91 Å². The normalized spacial score (nSPS) is 10.8. The summed E-state index contributed by atoms with van der Waals surface area (Å²) in [5.74, 6) is 1.88. The number of hydrogen-bond acceptors (Lipinski definition) is 4. The molecule has 1 N–H and O–H groups in total. The van der Waals surface area contributed by atoms with Gasteiger partial charge in [0.1, 0.15) is 12.4 Å². The molecule has 0 aliphatic rings. The number of furan rings is 1. The summed E-state index contributed by atoms with van der Waals surface area (Å²) in [6, 6.07) is 9.08. The zero-order valence-corrected chi connectivity index (χ0v) is 15.4. The summed E-state index contributed by atoms with van der Waals surface area (Å²) in [4.78, 5) is 11.7. The monoisotopic (exact) mass is 387 g/mol. The third kappa shape index (κ3) is 7.18. The van der Waals surface area contributed by atoms with E-state index in [0.717, 1.165) is 17.7 Å². The molecule has 1 aromatic carbocycles. The number of thioether (sulfide) groups is 1. The van der Waals surface area contributed by atoms with E-state index in [1.807, 2.05) is 18.2 Å². The van der Waals surface area contributed by atoms with Gasteiger partial charge in [-0.2, -0.15) is 0 Å². The van der Waals surface area contributed by atoms with Gasteiger partial charge in [0.05, 0.1) is 12.0 Å². The van der Waals surface area contributed by atoms with Gasteiger partial charge in [0, 0.05) is 28.9 Å². The predicted octanol–water partition coefficient (Wildman–Crippen LogP) is 4.54. The number of amides is 1. The maximum Gasteiger partial charge on any atom is 0.230 e. The molecule has 7 heteroatoms. The first-order valence-electron chi connectivity index (χ1n) is 7.53. The van der Waals surface area contributed by atoms with Crippen LogP contribution in [0.5, 0.6) is 0 Å². The van der Waals surface area contributed by atoms with Crippen LogP contribution in [0.3, 0.4) is 0 Å². The fourth-order valence-corrected chi connectivity index (χ4v) is 3.33. The smallest absolute Gasteiger partial charge is 0.230 e. The molecule has 0 bridgehead atoms. The third-order valence-corrected chi connectivity index (χ3v) is 4.69. The number of carbonyl (C=O) groups is 1. The first kappa shape index (κ1) is 19.2. The SMILES string of the molecule is O=C(CSCc1ccc(Cl)cc1Cl)NCCCOCc1ccco1. The molecule has 0 atom stereocenters. The van der Waals surface area contributed by atoms with Gasteiger partial charge in [-0.1, -0.05) is 29.3 Å². The second-order valence-corrected chi connectivity index (χ2v) is 6.89. The molecule has 0 radical (unpaired) electrons. The molecule has 0 unspecified atom stereocenters. The van der Waals surface area contributed by atoms with E-state index in [2.05, 4.69) is 5.32 Å². The van der Waals surface area contributed by atoms with Crippen molar-refractivity contribution in [3.63, 3.8) is 0 Å². The van der Waals surface area contributed by atoms with Crippen LogP contribution < -0.4 is 5.32 Å². The molecule has 24 heavy (non-hydrogen) atoms. The van der Waals surface area contributed by atoms with Gasteiger partial charge < -0.3 is 14.5 Å². The average molecular weight is 388 g/mol. The van der Waals surface area contributed by atoms with Gasteiger partial charge in [-0.05, 0) is 36.2 Å². The number of rotatable bonds is 10. The summed E-state index contributed by atoms with van der Waals surface area (Å²) >= 11 is 13.5. The van der Waals surface area contributed by atoms with Gasteiger partial charge in [0.15, 0.2) is 0 Å². The standard InChI is InChI=1S/C17H19Cl2NO3S/c18-14-5-4-13(16(19)9-14)11-24-12-17(21)20-6-2-7-22-10-15-3-1-8-23-15/h1,3-5,8-9H,2,6-7,10-12H2,(H,20,21). The van der Waals surface area contributed by atoms with Crippen LogP contribution in [-0.2, 0) is 21.9 Å². The number of carbonyl (C=O) groups excluding carboxylic acids is 1. The van der Waals surface area contributed by atoms with Crippen molar-refractivity contribution in [1.29, 1.82) is 0 Å². The molecule has 0 aliphatic carbocycles. The highest BCUT2D eigenvalue weighted by Gasteiger charge is 2.05. The molecule has 1 amide bonds. The van der Waals surface area contributed by atoms with Gasteiger partial charge >= 0.3 is 0 Å². The fourth-order valence-electron chi connectivity index (χ4n) is 1.91. The molecule has 0 spiro atoms. The van der Waals surface area contributed by atoms with Crippen LogP contribution in [0.4, 0.5) is 0 Å². The van der Waals surface area contributed by atoms with Crippen LogP contribution >= 0.6 is 35.0 Å². The third-order valence-electron chi connectivity index (χ3n) is 3.12. The molecule has 0 saturated carbocycles. The summed E-state index contributed by atoms with van der Waals surface area (Å²) in [6.45, 7) is 1.63. The van der Waals surface area contributed by atoms with Crippen molar-refractivity contribution >= 4 is 40.9 Å². The Morgan fingerprint density at radius 3 is 2.92 bits per heavy atom. The lowest BCUT2D eigenvalue weighted by Gasteiger charge is -2.07. The predicted molar refractivity (Wildman–Crippen MR) is 98.6 cm³/mol. The maximum atomic E-state index is 11.7. The van der Waals surface area contributed by atoms with Gasteiger partial charge in [-0.3, -0.25) is 4.79 Å². The maximum absolute atomic E-state index is 11.7. The number of halogens is 2. The van der Waals surface area contributed by atoms with Crippen molar-refractivity contribution < 1.29 is 13.9 Å². The lowest BCUT2D eigenvalue weighted by molar-refractivity contribution is -0.118. The van der Waals surface area contributed by atoms with Crippen molar-refractivity contribution in [2.75, 3.05) is 18.9 Å². The summed E-state index contributed by atoms with van der Waals surface area (Å²) in [7, 11) is 0. The Morgan fingerprint density at radius 1 is 1.29 bits per heavy atom. The fraction of sp³-hybridized carbons (Fsp3) is 0.353. The summed E-state index contributed by atoms with van der Waals surface area (Å²) in [6.07, 6.45) is 2.38. The molecule has 0 saturated heterocycles. The van der Waals surface area contributed by atoms with E-state index >= 15 is 0 Å². The second-order valence-electron chi connectivity index (χ2n) is 5.06. The van der Waals surface area contributed by atoms with Gasteiger partial charge in [-0.25, -0.2) is 0 Å². The second kappa shape index (κ2) is 10.7. The van der Waals surface area contributed by atoms with E-state index in [9.17, 15) is 4.79 Å². The molecular weight excluding hydrogens is 369 g/mol. The van der Waals surface area contributed by atoms with Gasteiger partial charge in [-0.15, -0.1) is 11.8 Å². The minimum absolute atomic E-state index is 0.0103. The van der Waals surface area contributed by atoms with Gasteiger partial charge in [0.2, 0.25) is 5.91 Å². The van der Waals surface area contributed by atoms with Gasteiger partial charge in [0.25, 0.3) is 0 Å². The van der Waals surface area contributed by atoms with Crippen LogP contribution in [0.1, 0.15) is 17.7 Å². The van der Waals surface area contributed by atoms with E-state index < -0.39 is 0 Å². The Hall–Kier alpha value is -1.14. The number of nitrogens with one attached hydrogen (secondary N) is 1. The number of ether oxygens (including phenoxy) is 1. The van der Waals surface area contributed by atoms with Crippen molar-refractivity contribution in [2.24, 2.45) is 0 Å². The lowest BCUT2D eigenvalue weighted by Crippen LogP contribution is -2.26. The zero-order valence-electron chi connectivity index (χ0n) is 13.1. The molecule has 0 aliphatic heterocycles. The van der Waals surface area contributed by atoms with E-state index in [1.54, 1.807) is 18.4 Å². The van der Waals surface area contributed by atoms with Crippen LogP contribution in [0.25, 0.3) is 0 Å². The minimum Gasteiger partial charge on any atom is -0.467 e. The summed E-state index contributed by atoms with van der Waals surface area (Å²) in [5, 5.41) is 4.11. The Balaban J connectivity index is 1.50. The van der Waals surface area contributed by atoms with E-state index in [0.29, 0.717) is 41.3 Å². The van der Waals surface area contributed by atoms with Crippen molar-refractivity contribution in [3.8, 4) is 0 Å². The van der Waals surface area contributed by atoms with Crippen molar-refractivity contribution in [1.82, 2.24) is 5.32 Å². The van der Waals surface area contributed by atoms with Crippen LogP contribution in [0.2, 0.25) is 10.0 Å². The van der Waals surface area contributed by atoms with Crippen LogP contribution in [0, 0.1) is 0 Å². The van der Waals surface area contributed by atoms with Crippen LogP contribution in [-0.4, -0.2) is 24.8 Å². The zero-order chi connectivity index (χ0) is 17.2. The molecule has 130 valence electrons. The van der Waals surface area contributed by atoms with Crippen LogP contribution in [0.15, 0.2) is 41.0 Å². The molecule has 4 nitrogen and oxygen atoms in total. The largest absolute Gasteiger partial charge is 0.467 e. The molecule has 2 aromatic rings. The number of benzene rings is 1. The molecular formula is C17H19Cl2NO3S. The Labute approximate surface area is 155 Å². The molecule has 0 fully saturated rings. The molecule has 1 heterocycles. The topological polar surface area (TPSA) is 51.5 Å². The first-order chi connectivity index (χ1) is 11.6. The highest BCUT2D eigenvalue weighted by Crippen LogP contribution is 2.24.